The summed E-state index contributed by atoms with van der Waals surface area (Å²) in [6, 6.07) is 18.9. The number of nitrogens with one attached hydrogen (secondary N) is 1. The third kappa shape index (κ3) is 5.34. The zero-order chi connectivity index (χ0) is 21.0. The number of rotatable bonds is 6. The van der Waals surface area contributed by atoms with Crippen LogP contribution >= 0.6 is 11.6 Å². The normalized spacial score (nSPS) is 11.1. The van der Waals surface area contributed by atoms with Crippen LogP contribution in [0.25, 0.3) is 0 Å². The van der Waals surface area contributed by atoms with Crippen molar-refractivity contribution in [1.29, 1.82) is 0 Å². The molecule has 0 fully saturated rings. The predicted molar refractivity (Wildman–Crippen MR) is 113 cm³/mol. The summed E-state index contributed by atoms with van der Waals surface area (Å²) < 4.78 is 39.4. The molecule has 3 rings (SSSR count). The first-order chi connectivity index (χ1) is 13.7. The molecule has 0 unspecified atom stereocenters. The van der Waals surface area contributed by atoms with E-state index in [9.17, 15) is 17.6 Å². The molecule has 3 aromatic carbocycles. The summed E-state index contributed by atoms with van der Waals surface area (Å²) in [7, 11) is -3.55. The molecule has 1 N–H and O–H groups in total. The molecule has 0 aromatic heterocycles. The molecule has 0 atom stereocenters. The highest BCUT2D eigenvalue weighted by molar-refractivity contribution is 7.92. The molecule has 3 aromatic rings. The predicted octanol–water partition coefficient (Wildman–Crippen LogP) is 4.70. The molecule has 0 spiro atoms. The Kier molecular flexibility index (Phi) is 6.20. The van der Waals surface area contributed by atoms with Crippen LogP contribution in [0.2, 0.25) is 5.02 Å². The second-order valence-electron chi connectivity index (χ2n) is 6.38. The number of para-hydroxylation sites is 1. The average molecular weight is 433 g/mol. The van der Waals surface area contributed by atoms with E-state index in [2.05, 4.69) is 5.32 Å². The molecule has 0 aliphatic rings. The van der Waals surface area contributed by atoms with Gasteiger partial charge in [0.05, 0.1) is 24.2 Å². The van der Waals surface area contributed by atoms with Crippen LogP contribution in [0, 0.1) is 5.82 Å². The zero-order valence-electron chi connectivity index (χ0n) is 15.5. The lowest BCUT2D eigenvalue weighted by molar-refractivity contribution is 0.102. The second kappa shape index (κ2) is 8.63. The number of sulfonamides is 1. The Morgan fingerprint density at radius 2 is 1.72 bits per heavy atom. The number of halogens is 2. The Bertz CT molecular complexity index is 1130. The molecular weight excluding hydrogens is 415 g/mol. The maximum Gasteiger partial charge on any atom is 0.255 e. The Hall–Kier alpha value is -2.90. The summed E-state index contributed by atoms with van der Waals surface area (Å²) in [5.41, 5.74) is 1.54. The Balaban J connectivity index is 1.78. The van der Waals surface area contributed by atoms with E-state index in [1.807, 2.05) is 0 Å². The third-order valence-corrected chi connectivity index (χ3v) is 5.54. The highest BCUT2D eigenvalue weighted by Crippen LogP contribution is 2.24. The molecule has 8 heteroatoms. The summed E-state index contributed by atoms with van der Waals surface area (Å²) in [5, 5.41) is 2.94. The van der Waals surface area contributed by atoms with E-state index in [0.29, 0.717) is 21.8 Å². The number of anilines is 2. The van der Waals surface area contributed by atoms with Gasteiger partial charge in [-0.15, -0.1) is 0 Å². The van der Waals surface area contributed by atoms with E-state index in [1.165, 1.54) is 22.5 Å². The fourth-order valence-corrected chi connectivity index (χ4v) is 3.78. The van der Waals surface area contributed by atoms with Crippen molar-refractivity contribution in [3.05, 3.63) is 94.8 Å². The van der Waals surface area contributed by atoms with Gasteiger partial charge in [0.15, 0.2) is 0 Å². The van der Waals surface area contributed by atoms with Gasteiger partial charge in [0, 0.05) is 10.6 Å². The van der Waals surface area contributed by atoms with Gasteiger partial charge in [-0.05, 0) is 48.0 Å². The third-order valence-electron chi connectivity index (χ3n) is 4.16. The largest absolute Gasteiger partial charge is 0.319 e. The van der Waals surface area contributed by atoms with Crippen LogP contribution in [0.5, 0.6) is 0 Å². The average Bonchev–Trinajstić information content (AvgIpc) is 2.67. The molecule has 29 heavy (non-hydrogen) atoms. The van der Waals surface area contributed by atoms with Gasteiger partial charge in [0.25, 0.3) is 5.91 Å². The standard InChI is InChI=1S/C21H18ClFN2O3S/c1-29(27,28)25(18-6-4-5-17(22)13-18)14-15-9-11-16(12-10-15)21(26)24-20-8-3-2-7-19(20)23/h2-13H,14H2,1H3,(H,24,26). The van der Waals surface area contributed by atoms with Gasteiger partial charge < -0.3 is 5.32 Å². The quantitative estimate of drug-likeness (QED) is 0.614. The van der Waals surface area contributed by atoms with Gasteiger partial charge >= 0.3 is 0 Å². The minimum atomic E-state index is -3.55. The van der Waals surface area contributed by atoms with E-state index in [-0.39, 0.29) is 12.2 Å². The van der Waals surface area contributed by atoms with Gasteiger partial charge in [-0.3, -0.25) is 9.10 Å². The van der Waals surface area contributed by atoms with Gasteiger partial charge in [-0.1, -0.05) is 41.9 Å². The summed E-state index contributed by atoms with van der Waals surface area (Å²) >= 11 is 5.98. The molecule has 0 aliphatic heterocycles. The molecule has 150 valence electrons. The maximum atomic E-state index is 13.7. The van der Waals surface area contributed by atoms with E-state index >= 15 is 0 Å². The lowest BCUT2D eigenvalue weighted by atomic mass is 10.1. The van der Waals surface area contributed by atoms with Crippen molar-refractivity contribution in [3.8, 4) is 0 Å². The number of hydrogen-bond acceptors (Lipinski definition) is 3. The van der Waals surface area contributed by atoms with Crippen LogP contribution in [0.4, 0.5) is 15.8 Å². The zero-order valence-corrected chi connectivity index (χ0v) is 17.0. The fourth-order valence-electron chi connectivity index (χ4n) is 2.72. The van der Waals surface area contributed by atoms with Crippen LogP contribution in [0.1, 0.15) is 15.9 Å². The summed E-state index contributed by atoms with van der Waals surface area (Å²) in [5.74, 6) is -0.987. The fraction of sp³-hybridized carbons (Fsp3) is 0.0952. The van der Waals surface area contributed by atoms with Crippen LogP contribution < -0.4 is 9.62 Å². The van der Waals surface area contributed by atoms with E-state index < -0.39 is 21.7 Å². The molecular formula is C21H18ClFN2O3S. The first kappa shape index (κ1) is 20.8. The Labute approximate surface area is 173 Å². The number of amides is 1. The van der Waals surface area contributed by atoms with Crippen molar-refractivity contribution < 1.29 is 17.6 Å². The number of benzene rings is 3. The van der Waals surface area contributed by atoms with Gasteiger partial charge in [0.2, 0.25) is 10.0 Å². The number of carbonyl (C=O) groups excluding carboxylic acids is 1. The van der Waals surface area contributed by atoms with Gasteiger partial charge in [-0.2, -0.15) is 0 Å². The topological polar surface area (TPSA) is 66.5 Å². The Morgan fingerprint density at radius 3 is 2.34 bits per heavy atom. The molecule has 0 bridgehead atoms. The van der Waals surface area contributed by atoms with Crippen LogP contribution in [0.3, 0.4) is 0 Å². The van der Waals surface area contributed by atoms with Crippen molar-refractivity contribution in [2.24, 2.45) is 0 Å². The Morgan fingerprint density at radius 1 is 1.03 bits per heavy atom. The van der Waals surface area contributed by atoms with E-state index in [1.54, 1.807) is 54.6 Å². The number of hydrogen-bond donors (Lipinski definition) is 1. The van der Waals surface area contributed by atoms with Crippen molar-refractivity contribution in [2.75, 3.05) is 15.9 Å². The van der Waals surface area contributed by atoms with Crippen LogP contribution in [0.15, 0.2) is 72.8 Å². The van der Waals surface area contributed by atoms with Crippen LogP contribution in [-0.4, -0.2) is 20.6 Å². The second-order valence-corrected chi connectivity index (χ2v) is 8.72. The SMILES string of the molecule is CS(=O)(=O)N(Cc1ccc(C(=O)Nc2ccccc2F)cc1)c1cccc(Cl)c1. The monoisotopic (exact) mass is 432 g/mol. The number of nitrogens with zero attached hydrogens (tertiary/aromatic N) is 1. The molecule has 0 radical (unpaired) electrons. The minimum Gasteiger partial charge on any atom is -0.319 e. The van der Waals surface area contributed by atoms with E-state index in [0.717, 1.165) is 6.26 Å². The minimum absolute atomic E-state index is 0.0778. The van der Waals surface area contributed by atoms with Crippen molar-refractivity contribution in [3.63, 3.8) is 0 Å². The first-order valence-electron chi connectivity index (χ1n) is 8.62. The van der Waals surface area contributed by atoms with Gasteiger partial charge in [0.1, 0.15) is 5.82 Å². The van der Waals surface area contributed by atoms with Crippen molar-refractivity contribution in [2.45, 2.75) is 6.54 Å². The highest BCUT2D eigenvalue weighted by Gasteiger charge is 2.18. The molecule has 5 nitrogen and oxygen atoms in total. The molecule has 0 saturated carbocycles. The van der Waals surface area contributed by atoms with Crippen LogP contribution in [-0.2, 0) is 16.6 Å². The van der Waals surface area contributed by atoms with Gasteiger partial charge in [-0.25, -0.2) is 12.8 Å². The maximum absolute atomic E-state index is 13.7. The van der Waals surface area contributed by atoms with Crippen molar-refractivity contribution in [1.82, 2.24) is 0 Å². The summed E-state index contributed by atoms with van der Waals surface area (Å²) in [6.45, 7) is 0.0778. The lowest BCUT2D eigenvalue weighted by Gasteiger charge is -2.22. The van der Waals surface area contributed by atoms with Crippen molar-refractivity contribution >= 4 is 38.9 Å². The molecule has 0 aliphatic carbocycles. The van der Waals surface area contributed by atoms with E-state index in [4.69, 9.17) is 11.6 Å². The molecule has 0 heterocycles. The summed E-state index contributed by atoms with van der Waals surface area (Å²) in [6.07, 6.45) is 1.12. The first-order valence-corrected chi connectivity index (χ1v) is 10.8. The summed E-state index contributed by atoms with van der Waals surface area (Å²) in [4.78, 5) is 12.3. The lowest BCUT2D eigenvalue weighted by Crippen LogP contribution is -2.29. The highest BCUT2D eigenvalue weighted by atomic mass is 35.5. The smallest absolute Gasteiger partial charge is 0.255 e. The molecule has 1 amide bonds. The number of carbonyl (C=O) groups is 1. The molecule has 0 saturated heterocycles.